The number of methoxy groups -OCH3 is 1. The maximum absolute atomic E-state index is 13.2. The molecule has 5 heteroatoms. The molecule has 0 aliphatic heterocycles. The van der Waals surface area contributed by atoms with Crippen LogP contribution in [0.1, 0.15) is 23.7 Å². The quantitative estimate of drug-likeness (QED) is 0.616. The van der Waals surface area contributed by atoms with Gasteiger partial charge in [0.2, 0.25) is 0 Å². The monoisotopic (exact) mass is 258 g/mol. The van der Waals surface area contributed by atoms with Gasteiger partial charge < -0.3 is 4.74 Å². The summed E-state index contributed by atoms with van der Waals surface area (Å²) >= 11 is 5.51. The van der Waals surface area contributed by atoms with Crippen molar-refractivity contribution in [1.29, 1.82) is 0 Å². The first-order valence-corrected chi connectivity index (χ1v) is 5.39. The lowest BCUT2D eigenvalue weighted by Crippen LogP contribution is -2.16. The summed E-state index contributed by atoms with van der Waals surface area (Å²) in [5.41, 5.74) is 0.198. The molecule has 3 nitrogen and oxygen atoms in total. The second kappa shape index (κ2) is 5.77. The van der Waals surface area contributed by atoms with Gasteiger partial charge >= 0.3 is 5.97 Å². The van der Waals surface area contributed by atoms with E-state index in [1.54, 1.807) is 6.92 Å². The molecule has 1 aromatic carbocycles. The number of carbonyl (C=O) groups is 2. The minimum atomic E-state index is -0.650. The molecule has 0 saturated carbocycles. The predicted molar refractivity (Wildman–Crippen MR) is 61.5 cm³/mol. The molecule has 92 valence electrons. The lowest BCUT2D eigenvalue weighted by molar-refractivity contribution is -0.141. The van der Waals surface area contributed by atoms with Gasteiger partial charge in [0.25, 0.3) is 0 Å². The summed E-state index contributed by atoms with van der Waals surface area (Å²) in [6, 6.07) is 3.81. The summed E-state index contributed by atoms with van der Waals surface area (Å²) in [6.45, 7) is 1.59. The number of ether oxygens (including phenoxy) is 1. The molecule has 0 aliphatic carbocycles. The van der Waals surface area contributed by atoms with Crippen LogP contribution in [0.15, 0.2) is 18.2 Å². The Hall–Kier alpha value is -1.42. The van der Waals surface area contributed by atoms with E-state index in [1.165, 1.54) is 19.2 Å². The van der Waals surface area contributed by atoms with E-state index in [0.29, 0.717) is 0 Å². The molecule has 1 aromatic rings. The van der Waals surface area contributed by atoms with Crippen molar-refractivity contribution in [3.05, 3.63) is 34.6 Å². The maximum atomic E-state index is 13.2. The summed E-state index contributed by atoms with van der Waals surface area (Å²) in [7, 11) is 1.25. The Bertz CT molecular complexity index is 445. The molecular formula is C12H12ClFO3. The molecule has 0 heterocycles. The van der Waals surface area contributed by atoms with Gasteiger partial charge in [0.05, 0.1) is 18.6 Å². The fourth-order valence-electron chi connectivity index (χ4n) is 1.36. The van der Waals surface area contributed by atoms with E-state index < -0.39 is 17.7 Å². The molecule has 0 spiro atoms. The molecule has 0 bridgehead atoms. The Kier molecular flexibility index (Phi) is 4.63. The second-order valence-electron chi connectivity index (χ2n) is 3.67. The summed E-state index contributed by atoms with van der Waals surface area (Å²) < 4.78 is 17.6. The number of carbonyl (C=O) groups excluding carboxylic acids is 2. The largest absolute Gasteiger partial charge is 0.469 e. The maximum Gasteiger partial charge on any atom is 0.306 e. The highest BCUT2D eigenvalue weighted by molar-refractivity contribution is 6.30. The van der Waals surface area contributed by atoms with Gasteiger partial charge in [-0.2, -0.15) is 0 Å². The van der Waals surface area contributed by atoms with Crippen LogP contribution in [0.25, 0.3) is 0 Å². The molecule has 0 saturated heterocycles. The molecular weight excluding hydrogens is 247 g/mol. The number of ketones is 1. The zero-order valence-corrected chi connectivity index (χ0v) is 10.3. The lowest BCUT2D eigenvalue weighted by Gasteiger charge is -2.09. The van der Waals surface area contributed by atoms with E-state index in [1.807, 2.05) is 0 Å². The Morgan fingerprint density at radius 1 is 1.47 bits per heavy atom. The third-order valence-corrected chi connectivity index (χ3v) is 2.66. The van der Waals surface area contributed by atoms with Crippen molar-refractivity contribution >= 4 is 23.4 Å². The SMILES string of the molecule is COC(=O)CC(C)C(=O)c1ccc(Cl)c(F)c1. The van der Waals surface area contributed by atoms with Gasteiger partial charge in [0, 0.05) is 11.5 Å². The van der Waals surface area contributed by atoms with E-state index >= 15 is 0 Å². The van der Waals surface area contributed by atoms with Crippen LogP contribution in [0, 0.1) is 11.7 Å². The smallest absolute Gasteiger partial charge is 0.306 e. The van der Waals surface area contributed by atoms with Crippen LogP contribution >= 0.6 is 11.6 Å². The van der Waals surface area contributed by atoms with Crippen LogP contribution in [0.4, 0.5) is 4.39 Å². The number of esters is 1. The highest BCUT2D eigenvalue weighted by atomic mass is 35.5. The summed E-state index contributed by atoms with van der Waals surface area (Å²) in [6.07, 6.45) is -0.0282. The number of Topliss-reactive ketones (excluding diaryl/α,β-unsaturated/α-hetero) is 1. The first-order valence-electron chi connectivity index (χ1n) is 5.01. The van der Waals surface area contributed by atoms with E-state index in [4.69, 9.17) is 11.6 Å². The number of halogens is 2. The fourth-order valence-corrected chi connectivity index (χ4v) is 1.48. The van der Waals surface area contributed by atoms with Crippen LogP contribution in [0.3, 0.4) is 0 Å². The van der Waals surface area contributed by atoms with Gasteiger partial charge in [-0.15, -0.1) is 0 Å². The van der Waals surface area contributed by atoms with Crippen LogP contribution in [-0.2, 0) is 9.53 Å². The van der Waals surface area contributed by atoms with Gasteiger partial charge in [0.15, 0.2) is 5.78 Å². The zero-order chi connectivity index (χ0) is 13.0. The highest BCUT2D eigenvalue weighted by Gasteiger charge is 2.19. The molecule has 1 rings (SSSR count). The van der Waals surface area contributed by atoms with Gasteiger partial charge in [-0.25, -0.2) is 4.39 Å². The molecule has 1 atom stereocenters. The van der Waals surface area contributed by atoms with Crippen molar-refractivity contribution in [1.82, 2.24) is 0 Å². The second-order valence-corrected chi connectivity index (χ2v) is 4.08. The third-order valence-electron chi connectivity index (χ3n) is 2.35. The minimum Gasteiger partial charge on any atom is -0.469 e. The number of rotatable bonds is 4. The summed E-state index contributed by atoms with van der Waals surface area (Å²) in [4.78, 5) is 22.9. The van der Waals surface area contributed by atoms with Crippen LogP contribution in [0.5, 0.6) is 0 Å². The third kappa shape index (κ3) is 3.53. The topological polar surface area (TPSA) is 43.4 Å². The average molecular weight is 259 g/mol. The average Bonchev–Trinajstić information content (AvgIpc) is 2.31. The number of benzene rings is 1. The summed E-state index contributed by atoms with van der Waals surface area (Å²) in [5, 5.41) is -0.0397. The molecule has 0 aromatic heterocycles. The molecule has 17 heavy (non-hydrogen) atoms. The standard InChI is InChI=1S/C12H12ClFO3/c1-7(5-11(15)17-2)12(16)8-3-4-9(13)10(14)6-8/h3-4,6-7H,5H2,1-2H3. The van der Waals surface area contributed by atoms with Crippen molar-refractivity contribution in [3.63, 3.8) is 0 Å². The summed E-state index contributed by atoms with van der Waals surface area (Å²) in [5.74, 6) is -1.99. The van der Waals surface area contributed by atoms with Gasteiger partial charge in [-0.3, -0.25) is 9.59 Å². The van der Waals surface area contributed by atoms with Crippen LogP contribution in [-0.4, -0.2) is 18.9 Å². The van der Waals surface area contributed by atoms with Crippen molar-refractivity contribution < 1.29 is 18.7 Å². The molecule has 0 amide bonds. The first-order chi connectivity index (χ1) is 7.95. The van der Waals surface area contributed by atoms with Crippen molar-refractivity contribution in [3.8, 4) is 0 Å². The first kappa shape index (κ1) is 13.6. The molecule has 0 fully saturated rings. The number of hydrogen-bond donors (Lipinski definition) is 0. The van der Waals surface area contributed by atoms with Crippen LogP contribution in [0.2, 0.25) is 5.02 Å². The van der Waals surface area contributed by atoms with Gasteiger partial charge in [-0.1, -0.05) is 18.5 Å². The van der Waals surface area contributed by atoms with Crippen molar-refractivity contribution in [2.45, 2.75) is 13.3 Å². The molecule has 0 radical (unpaired) electrons. The lowest BCUT2D eigenvalue weighted by atomic mass is 9.96. The van der Waals surface area contributed by atoms with E-state index in [0.717, 1.165) is 6.07 Å². The molecule has 0 aliphatic rings. The Morgan fingerprint density at radius 3 is 2.65 bits per heavy atom. The Morgan fingerprint density at radius 2 is 2.12 bits per heavy atom. The Balaban J connectivity index is 2.81. The minimum absolute atomic E-state index is 0.0282. The normalized spacial score (nSPS) is 12.0. The van der Waals surface area contributed by atoms with Gasteiger partial charge in [0.1, 0.15) is 5.82 Å². The Labute approximate surface area is 104 Å². The molecule has 0 N–H and O–H groups in total. The van der Waals surface area contributed by atoms with E-state index in [2.05, 4.69) is 4.74 Å². The molecule has 1 unspecified atom stereocenters. The zero-order valence-electron chi connectivity index (χ0n) is 9.50. The predicted octanol–water partition coefficient (Wildman–Crippen LogP) is 2.86. The highest BCUT2D eigenvalue weighted by Crippen LogP contribution is 2.19. The van der Waals surface area contributed by atoms with E-state index in [9.17, 15) is 14.0 Å². The fraction of sp³-hybridized carbons (Fsp3) is 0.333. The van der Waals surface area contributed by atoms with Crippen molar-refractivity contribution in [2.24, 2.45) is 5.92 Å². The van der Waals surface area contributed by atoms with Crippen LogP contribution < -0.4 is 0 Å². The number of hydrogen-bond acceptors (Lipinski definition) is 3. The van der Waals surface area contributed by atoms with Gasteiger partial charge in [-0.05, 0) is 18.2 Å². The van der Waals surface area contributed by atoms with E-state index in [-0.39, 0.29) is 22.8 Å². The van der Waals surface area contributed by atoms with Crippen molar-refractivity contribution in [2.75, 3.05) is 7.11 Å².